The van der Waals surface area contributed by atoms with Crippen molar-refractivity contribution < 1.29 is 4.39 Å². The molecule has 2 aromatic rings. The first-order valence-electron chi connectivity index (χ1n) is 5.32. The van der Waals surface area contributed by atoms with E-state index < -0.39 is 0 Å². The lowest BCUT2D eigenvalue weighted by atomic mass is 10.0. The van der Waals surface area contributed by atoms with Gasteiger partial charge < -0.3 is 0 Å². The maximum Gasteiger partial charge on any atom is 0.153 e. The molecule has 1 aromatic carbocycles. The van der Waals surface area contributed by atoms with Crippen molar-refractivity contribution in [2.45, 2.75) is 13.0 Å². The van der Waals surface area contributed by atoms with Gasteiger partial charge >= 0.3 is 0 Å². The molecule has 0 aliphatic heterocycles. The third-order valence-electron chi connectivity index (χ3n) is 2.80. The van der Waals surface area contributed by atoms with E-state index in [1.54, 1.807) is 24.7 Å². The number of nitrogens with zero attached hydrogens (tertiary/aromatic N) is 3. The number of rotatable bonds is 3. The summed E-state index contributed by atoms with van der Waals surface area (Å²) in [4.78, 5) is 0. The molecule has 1 unspecified atom stereocenters. The van der Waals surface area contributed by atoms with E-state index in [9.17, 15) is 4.39 Å². The molecule has 3 N–H and O–H groups in total. The summed E-state index contributed by atoms with van der Waals surface area (Å²) in [5.74, 6) is 5.29. The minimum absolute atomic E-state index is 0.265. The fourth-order valence-electron chi connectivity index (χ4n) is 1.77. The fraction of sp³-hybridized carbons (Fsp3) is 0.273. The molecule has 5 nitrogen and oxygen atoms in total. The van der Waals surface area contributed by atoms with E-state index in [1.165, 1.54) is 6.07 Å². The Hall–Kier alpha value is -1.31. The minimum atomic E-state index is -0.380. The molecule has 2 rings (SSSR count). The first kappa shape index (κ1) is 13.1. The molecular weight excluding hydrogens is 301 g/mol. The Balaban J connectivity index is 2.48. The molecule has 0 aliphatic rings. The van der Waals surface area contributed by atoms with Gasteiger partial charge in [0.25, 0.3) is 0 Å². The molecular formula is C11H13BrFN5. The maximum atomic E-state index is 13.6. The second-order valence-electron chi connectivity index (χ2n) is 4.00. The summed E-state index contributed by atoms with van der Waals surface area (Å²) in [6.07, 6.45) is 0. The third-order valence-corrected chi connectivity index (χ3v) is 3.36. The van der Waals surface area contributed by atoms with E-state index >= 15 is 0 Å². The van der Waals surface area contributed by atoms with Gasteiger partial charge in [-0.15, -0.1) is 5.10 Å². The lowest BCUT2D eigenvalue weighted by molar-refractivity contribution is 0.560. The molecule has 0 aliphatic carbocycles. The van der Waals surface area contributed by atoms with Crippen molar-refractivity contribution in [2.24, 2.45) is 12.9 Å². The topological polar surface area (TPSA) is 68.8 Å². The Morgan fingerprint density at radius 2 is 2.22 bits per heavy atom. The molecule has 1 heterocycles. The quantitative estimate of drug-likeness (QED) is 0.667. The number of nitrogens with two attached hydrogens (primary N) is 1. The summed E-state index contributed by atoms with van der Waals surface area (Å²) >= 11 is 3.31. The van der Waals surface area contributed by atoms with E-state index in [1.807, 2.05) is 6.07 Å². The SMILES string of the molecule is Cc1ccc(C(NN)c2c(Br)nnn2C)cc1F. The number of halogens is 2. The molecule has 0 saturated carbocycles. The molecule has 1 aromatic heterocycles. The second kappa shape index (κ2) is 5.13. The van der Waals surface area contributed by atoms with Gasteiger partial charge in [0, 0.05) is 7.05 Å². The highest BCUT2D eigenvalue weighted by Crippen LogP contribution is 2.26. The number of hydrazine groups is 1. The zero-order valence-electron chi connectivity index (χ0n) is 9.98. The predicted molar refractivity (Wildman–Crippen MR) is 69.0 cm³/mol. The molecule has 0 radical (unpaired) electrons. The smallest absolute Gasteiger partial charge is 0.153 e. The van der Waals surface area contributed by atoms with Gasteiger partial charge in [0.05, 0.1) is 11.7 Å². The highest BCUT2D eigenvalue weighted by atomic mass is 79.9. The van der Waals surface area contributed by atoms with Crippen LogP contribution in [0.5, 0.6) is 0 Å². The van der Waals surface area contributed by atoms with Crippen LogP contribution in [0.2, 0.25) is 0 Å². The number of hydrogen-bond acceptors (Lipinski definition) is 4. The van der Waals surface area contributed by atoms with Crippen molar-refractivity contribution in [3.63, 3.8) is 0 Å². The molecule has 0 bridgehead atoms. The largest absolute Gasteiger partial charge is 0.271 e. The average molecular weight is 314 g/mol. The van der Waals surface area contributed by atoms with Crippen molar-refractivity contribution in [3.8, 4) is 0 Å². The van der Waals surface area contributed by atoms with E-state index in [4.69, 9.17) is 5.84 Å². The highest BCUT2D eigenvalue weighted by molar-refractivity contribution is 9.10. The van der Waals surface area contributed by atoms with Crippen molar-refractivity contribution in [1.82, 2.24) is 20.4 Å². The van der Waals surface area contributed by atoms with Crippen LogP contribution in [0.4, 0.5) is 4.39 Å². The average Bonchev–Trinajstić information content (AvgIpc) is 2.66. The first-order valence-corrected chi connectivity index (χ1v) is 6.11. The molecule has 0 fully saturated rings. The Bertz CT molecular complexity index is 549. The summed E-state index contributed by atoms with van der Waals surface area (Å²) in [6, 6.07) is 4.61. The van der Waals surface area contributed by atoms with Gasteiger partial charge in [-0.05, 0) is 40.0 Å². The monoisotopic (exact) mass is 313 g/mol. The van der Waals surface area contributed by atoms with Crippen LogP contribution < -0.4 is 11.3 Å². The zero-order chi connectivity index (χ0) is 13.3. The van der Waals surface area contributed by atoms with Crippen molar-refractivity contribution in [3.05, 3.63) is 45.4 Å². The van der Waals surface area contributed by atoms with Crippen LogP contribution in [0.1, 0.15) is 22.9 Å². The summed E-state index contributed by atoms with van der Waals surface area (Å²) in [7, 11) is 1.75. The van der Waals surface area contributed by atoms with E-state index in [0.717, 1.165) is 5.69 Å². The van der Waals surface area contributed by atoms with Gasteiger partial charge in [0.15, 0.2) is 4.60 Å². The van der Waals surface area contributed by atoms with Crippen LogP contribution in [0.15, 0.2) is 22.8 Å². The standard InChI is InChI=1S/C11H13BrFN5/c1-6-3-4-7(5-8(6)13)9(15-14)10-11(12)16-17-18(10)2/h3-5,9,15H,14H2,1-2H3. The van der Waals surface area contributed by atoms with Crippen LogP contribution in [0.3, 0.4) is 0 Å². The van der Waals surface area contributed by atoms with Crippen molar-refractivity contribution >= 4 is 15.9 Å². The number of benzene rings is 1. The molecule has 0 spiro atoms. The van der Waals surface area contributed by atoms with Crippen molar-refractivity contribution in [1.29, 1.82) is 0 Å². The zero-order valence-corrected chi connectivity index (χ0v) is 11.6. The number of aryl methyl sites for hydroxylation is 2. The predicted octanol–water partition coefficient (Wildman–Crippen LogP) is 1.58. The van der Waals surface area contributed by atoms with E-state index in [2.05, 4.69) is 31.7 Å². The van der Waals surface area contributed by atoms with Gasteiger partial charge in [-0.3, -0.25) is 5.84 Å². The summed E-state index contributed by atoms with van der Waals surface area (Å²) in [6.45, 7) is 1.71. The lowest BCUT2D eigenvalue weighted by Crippen LogP contribution is -2.30. The third kappa shape index (κ3) is 2.29. The Kier molecular flexibility index (Phi) is 3.74. The van der Waals surface area contributed by atoms with Crippen LogP contribution >= 0.6 is 15.9 Å². The van der Waals surface area contributed by atoms with Crippen LogP contribution in [-0.2, 0) is 7.05 Å². The van der Waals surface area contributed by atoms with Crippen LogP contribution in [0.25, 0.3) is 0 Å². The van der Waals surface area contributed by atoms with Crippen molar-refractivity contribution in [2.75, 3.05) is 0 Å². The lowest BCUT2D eigenvalue weighted by Gasteiger charge is -2.17. The number of hydrogen-bond donors (Lipinski definition) is 2. The van der Waals surface area contributed by atoms with Gasteiger partial charge in [-0.1, -0.05) is 17.3 Å². The minimum Gasteiger partial charge on any atom is -0.271 e. The number of aromatic nitrogens is 3. The molecule has 0 saturated heterocycles. The van der Waals surface area contributed by atoms with Gasteiger partial charge in [-0.25, -0.2) is 14.5 Å². The van der Waals surface area contributed by atoms with Gasteiger partial charge in [-0.2, -0.15) is 0 Å². The summed E-state index contributed by atoms with van der Waals surface area (Å²) < 4.78 is 15.8. The molecule has 0 amide bonds. The maximum absolute atomic E-state index is 13.6. The Labute approximate surface area is 112 Å². The summed E-state index contributed by atoms with van der Waals surface area (Å²) in [5, 5.41) is 7.77. The summed E-state index contributed by atoms with van der Waals surface area (Å²) in [5.41, 5.74) is 4.70. The Morgan fingerprint density at radius 3 is 2.72 bits per heavy atom. The van der Waals surface area contributed by atoms with Gasteiger partial charge in [0.2, 0.25) is 0 Å². The van der Waals surface area contributed by atoms with Crippen LogP contribution in [0, 0.1) is 12.7 Å². The highest BCUT2D eigenvalue weighted by Gasteiger charge is 2.21. The molecule has 1 atom stereocenters. The normalized spacial score (nSPS) is 12.7. The number of nitrogens with one attached hydrogen (secondary N) is 1. The molecule has 7 heteroatoms. The Morgan fingerprint density at radius 1 is 1.50 bits per heavy atom. The fourth-order valence-corrected chi connectivity index (χ4v) is 2.32. The van der Waals surface area contributed by atoms with Crippen LogP contribution in [-0.4, -0.2) is 15.0 Å². The molecule has 18 heavy (non-hydrogen) atoms. The molecule has 96 valence electrons. The first-order chi connectivity index (χ1) is 8.54. The van der Waals surface area contributed by atoms with E-state index in [0.29, 0.717) is 15.7 Å². The second-order valence-corrected chi connectivity index (χ2v) is 4.75. The van der Waals surface area contributed by atoms with E-state index in [-0.39, 0.29) is 11.9 Å². The van der Waals surface area contributed by atoms with Gasteiger partial charge in [0.1, 0.15) is 5.82 Å².